The number of hydrogen-bond donors (Lipinski definition) is 0. The van der Waals surface area contributed by atoms with Crippen LogP contribution < -0.4 is 0 Å². The highest BCUT2D eigenvalue weighted by atomic mass is 16.5. The number of aryl methyl sites for hydroxylation is 1. The predicted octanol–water partition coefficient (Wildman–Crippen LogP) is 4.87. The van der Waals surface area contributed by atoms with E-state index in [0.717, 1.165) is 6.42 Å². The Hall–Kier alpha value is -2.16. The van der Waals surface area contributed by atoms with Crippen LogP contribution in [0.15, 0.2) is 48.5 Å². The molecule has 0 spiro atoms. The molecule has 0 atom stereocenters. The van der Waals surface area contributed by atoms with E-state index in [-0.39, 0.29) is 4.65 Å². The summed E-state index contributed by atoms with van der Waals surface area (Å²) in [7, 11) is 3.39. The van der Waals surface area contributed by atoms with Crippen molar-refractivity contribution in [3.63, 3.8) is 0 Å². The quantitative estimate of drug-likeness (QED) is 0.500. The summed E-state index contributed by atoms with van der Waals surface area (Å²) in [6.45, 7) is 2.73. The number of hydrogen-bond acceptors (Lipinski definition) is 1. The molecule has 2 nitrogen and oxygen atoms in total. The molecule has 0 aliphatic heterocycles. The van der Waals surface area contributed by atoms with Gasteiger partial charge in [-0.25, -0.2) is 0 Å². The zero-order chi connectivity index (χ0) is 16.4. The summed E-state index contributed by atoms with van der Waals surface area (Å²) in [5, 5.41) is 11.9. The zero-order valence-electron chi connectivity index (χ0n) is 14.0. The molecule has 23 heavy (non-hydrogen) atoms. The minimum absolute atomic E-state index is 0.260. The van der Waals surface area contributed by atoms with Crippen LogP contribution in [0, 0.1) is 12.1 Å². The van der Waals surface area contributed by atoms with Crippen molar-refractivity contribution in [1.29, 1.82) is 0 Å². The van der Waals surface area contributed by atoms with Crippen LogP contribution in [0.2, 0.25) is 0 Å². The van der Waals surface area contributed by atoms with Crippen LogP contribution in [0.1, 0.15) is 34.2 Å². The maximum Gasteiger partial charge on any atom is 0.0815 e. The molecule has 1 aliphatic rings. The second kappa shape index (κ2) is 6.15. The van der Waals surface area contributed by atoms with E-state index in [1.54, 1.807) is 14.1 Å². The second-order valence-electron chi connectivity index (χ2n) is 6.66. The van der Waals surface area contributed by atoms with Crippen LogP contribution in [0.4, 0.5) is 0 Å². The number of quaternary nitrogens is 1. The van der Waals surface area contributed by atoms with Crippen LogP contribution in [0.5, 0.6) is 0 Å². The highest BCUT2D eigenvalue weighted by Crippen LogP contribution is 2.35. The molecule has 0 saturated carbocycles. The van der Waals surface area contributed by atoms with E-state index < -0.39 is 0 Å². The average Bonchev–Trinajstić information content (AvgIpc) is 2.65. The molecule has 0 saturated heterocycles. The Morgan fingerprint density at radius 1 is 0.957 bits per heavy atom. The van der Waals surface area contributed by atoms with Crippen molar-refractivity contribution in [2.45, 2.75) is 13.3 Å². The predicted molar refractivity (Wildman–Crippen MR) is 98.6 cm³/mol. The van der Waals surface area contributed by atoms with Gasteiger partial charge in [0.25, 0.3) is 0 Å². The lowest BCUT2D eigenvalue weighted by Gasteiger charge is -2.33. The molecule has 0 aromatic heterocycles. The maximum absolute atomic E-state index is 11.9. The molecule has 0 N–H and O–H groups in total. The van der Waals surface area contributed by atoms with Crippen molar-refractivity contribution in [2.24, 2.45) is 0 Å². The molecule has 2 aromatic rings. The minimum atomic E-state index is -0.260. The highest BCUT2D eigenvalue weighted by Gasteiger charge is 2.15. The van der Waals surface area contributed by atoms with Crippen molar-refractivity contribution >= 4 is 17.7 Å². The lowest BCUT2D eigenvalue weighted by atomic mass is 9.91. The third kappa shape index (κ3) is 3.44. The molecule has 0 heterocycles. The summed E-state index contributed by atoms with van der Waals surface area (Å²) >= 11 is 0. The molecule has 118 valence electrons. The second-order valence-corrected chi connectivity index (χ2v) is 6.66. The molecule has 0 unspecified atom stereocenters. The summed E-state index contributed by atoms with van der Waals surface area (Å²) in [4.78, 5) is 0. The Morgan fingerprint density at radius 2 is 1.70 bits per heavy atom. The third-order valence-corrected chi connectivity index (χ3v) is 4.31. The van der Waals surface area contributed by atoms with Gasteiger partial charge in [0.2, 0.25) is 0 Å². The van der Waals surface area contributed by atoms with Crippen LogP contribution in [-0.4, -0.2) is 25.3 Å². The molecule has 0 radical (unpaired) electrons. The third-order valence-electron chi connectivity index (χ3n) is 4.31. The Labute approximate surface area is 138 Å². The summed E-state index contributed by atoms with van der Waals surface area (Å²) in [6.07, 6.45) is 7.39. The first kappa shape index (κ1) is 15.7. The van der Waals surface area contributed by atoms with Crippen molar-refractivity contribution in [3.8, 4) is 0 Å². The van der Waals surface area contributed by atoms with Gasteiger partial charge in [-0.1, -0.05) is 60.7 Å². The van der Waals surface area contributed by atoms with Crippen LogP contribution in [-0.2, 0) is 0 Å². The fraction of sp³-hybridized carbons (Fsp3) is 0.238. The summed E-state index contributed by atoms with van der Waals surface area (Å²) in [5.41, 5.74) is 7.50. The molecular formula is C21H23NO. The zero-order valence-corrected chi connectivity index (χ0v) is 14.0. The van der Waals surface area contributed by atoms with Gasteiger partial charge < -0.3 is 9.85 Å². The highest BCUT2D eigenvalue weighted by molar-refractivity contribution is 5.94. The van der Waals surface area contributed by atoms with Crippen molar-refractivity contribution in [1.82, 2.24) is 0 Å². The first-order valence-electron chi connectivity index (χ1n) is 8.07. The monoisotopic (exact) mass is 305 g/mol. The van der Waals surface area contributed by atoms with Crippen LogP contribution in [0.25, 0.3) is 17.7 Å². The van der Waals surface area contributed by atoms with E-state index in [0.29, 0.717) is 6.54 Å². The molecule has 0 bridgehead atoms. The number of benzene rings is 2. The SMILES string of the molecule is Cc1cccc2c1C=Cc1ccccc1/C2=C\CC[N+](C)(C)[O-]. The van der Waals surface area contributed by atoms with Crippen molar-refractivity contribution < 1.29 is 4.65 Å². The van der Waals surface area contributed by atoms with E-state index in [9.17, 15) is 5.21 Å². The van der Waals surface area contributed by atoms with E-state index in [1.807, 2.05) is 0 Å². The van der Waals surface area contributed by atoms with Gasteiger partial charge in [-0.2, -0.15) is 0 Å². The fourth-order valence-corrected chi connectivity index (χ4v) is 3.08. The first-order valence-corrected chi connectivity index (χ1v) is 8.07. The minimum Gasteiger partial charge on any atom is -0.633 e. The number of hydroxylamine groups is 3. The average molecular weight is 305 g/mol. The Kier molecular flexibility index (Phi) is 4.20. The fourth-order valence-electron chi connectivity index (χ4n) is 3.08. The van der Waals surface area contributed by atoms with E-state index >= 15 is 0 Å². The van der Waals surface area contributed by atoms with Gasteiger partial charge in [-0.05, 0) is 40.3 Å². The Morgan fingerprint density at radius 3 is 2.48 bits per heavy atom. The van der Waals surface area contributed by atoms with Crippen LogP contribution >= 0.6 is 0 Å². The van der Waals surface area contributed by atoms with E-state index in [2.05, 4.69) is 67.6 Å². The van der Waals surface area contributed by atoms with E-state index in [1.165, 1.54) is 33.4 Å². The molecular weight excluding hydrogens is 282 g/mol. The van der Waals surface area contributed by atoms with Gasteiger partial charge in [-0.3, -0.25) is 0 Å². The summed E-state index contributed by atoms with van der Waals surface area (Å²) < 4.78 is -0.260. The standard InChI is InChI=1S/C21H23NO/c1-16-8-6-11-20-18(16)14-13-17-9-4-5-10-19(17)21(20)12-7-15-22(2,3)23/h4-6,8-14H,7,15H2,1-3H3/b21-12+. The van der Waals surface area contributed by atoms with Gasteiger partial charge in [0.15, 0.2) is 0 Å². The normalized spacial score (nSPS) is 15.2. The van der Waals surface area contributed by atoms with Gasteiger partial charge in [0.05, 0.1) is 20.6 Å². The molecule has 1 aliphatic carbocycles. The largest absolute Gasteiger partial charge is 0.633 e. The Balaban J connectivity index is 2.12. The van der Waals surface area contributed by atoms with Gasteiger partial charge in [-0.15, -0.1) is 0 Å². The summed E-state index contributed by atoms with van der Waals surface area (Å²) in [6, 6.07) is 14.9. The number of nitrogens with zero attached hydrogens (tertiary/aromatic N) is 1. The number of rotatable bonds is 3. The van der Waals surface area contributed by atoms with Crippen LogP contribution in [0.3, 0.4) is 0 Å². The molecule has 0 amide bonds. The van der Waals surface area contributed by atoms with Crippen molar-refractivity contribution in [3.05, 3.63) is 81.6 Å². The first-order chi connectivity index (χ1) is 11.0. The molecule has 2 aromatic carbocycles. The summed E-state index contributed by atoms with van der Waals surface area (Å²) in [5.74, 6) is 0. The molecule has 0 fully saturated rings. The maximum atomic E-state index is 11.9. The molecule has 2 heteroatoms. The lowest BCUT2D eigenvalue weighted by molar-refractivity contribution is -0.839. The lowest BCUT2D eigenvalue weighted by Crippen LogP contribution is -2.32. The van der Waals surface area contributed by atoms with Gasteiger partial charge >= 0.3 is 0 Å². The Bertz CT molecular complexity index is 779. The van der Waals surface area contributed by atoms with Gasteiger partial charge in [0.1, 0.15) is 0 Å². The van der Waals surface area contributed by atoms with Gasteiger partial charge in [0, 0.05) is 6.42 Å². The number of fused-ring (bicyclic) bond motifs is 2. The molecule has 3 rings (SSSR count). The van der Waals surface area contributed by atoms with E-state index in [4.69, 9.17) is 0 Å². The topological polar surface area (TPSA) is 23.1 Å². The smallest absolute Gasteiger partial charge is 0.0815 e. The van der Waals surface area contributed by atoms with Crippen molar-refractivity contribution in [2.75, 3.05) is 20.6 Å².